The number of hydrogen-bond acceptors (Lipinski definition) is 1. The maximum absolute atomic E-state index is 11.3. The Morgan fingerprint density at radius 2 is 1.88 bits per heavy atom. The Balaban J connectivity index is 3.82. The van der Waals surface area contributed by atoms with Crippen molar-refractivity contribution in [3.8, 4) is 0 Å². The van der Waals surface area contributed by atoms with Crippen LogP contribution < -0.4 is 0 Å². The molecule has 48 valence electrons. The summed E-state index contributed by atoms with van der Waals surface area (Å²) in [5, 5.41) is 0. The van der Waals surface area contributed by atoms with E-state index < -0.39 is 11.1 Å². The average Bonchev–Trinajstić information content (AvgIpc) is 1.62. The highest BCUT2D eigenvalue weighted by molar-refractivity contribution is 8.02. The number of rotatable bonds is 1. The number of allylic oxidation sites excluding steroid dienone is 1. The SMILES string of the molecule is C=C(SC)C(F)(F)F. The maximum atomic E-state index is 11.3. The molecule has 0 heterocycles. The molecule has 0 saturated heterocycles. The van der Waals surface area contributed by atoms with E-state index in [0.717, 1.165) is 0 Å². The van der Waals surface area contributed by atoms with E-state index in [1.54, 1.807) is 0 Å². The van der Waals surface area contributed by atoms with Crippen molar-refractivity contribution in [1.82, 2.24) is 0 Å². The van der Waals surface area contributed by atoms with E-state index in [-0.39, 0.29) is 0 Å². The van der Waals surface area contributed by atoms with E-state index in [0.29, 0.717) is 11.8 Å². The van der Waals surface area contributed by atoms with Crippen molar-refractivity contribution in [3.63, 3.8) is 0 Å². The second-order valence-electron chi connectivity index (χ2n) is 1.13. The predicted molar refractivity (Wildman–Crippen MR) is 28.7 cm³/mol. The summed E-state index contributed by atoms with van der Waals surface area (Å²) in [6.07, 6.45) is -2.88. The molecule has 0 radical (unpaired) electrons. The normalized spacial score (nSPS) is 11.5. The Labute approximate surface area is 49.8 Å². The maximum Gasteiger partial charge on any atom is 0.421 e. The van der Waals surface area contributed by atoms with Crippen LogP contribution in [0.2, 0.25) is 0 Å². The van der Waals surface area contributed by atoms with E-state index in [9.17, 15) is 13.2 Å². The van der Waals surface area contributed by atoms with Gasteiger partial charge in [-0.2, -0.15) is 13.2 Å². The molecule has 0 bridgehead atoms. The van der Waals surface area contributed by atoms with Gasteiger partial charge in [-0.15, -0.1) is 11.8 Å². The highest BCUT2D eigenvalue weighted by Crippen LogP contribution is 2.30. The third-order valence-electron chi connectivity index (χ3n) is 0.563. The van der Waals surface area contributed by atoms with Crippen LogP contribution >= 0.6 is 11.8 Å². The molecule has 0 aliphatic carbocycles. The molecule has 0 aliphatic heterocycles. The standard InChI is InChI=1S/C4H5F3S/c1-3(8-2)4(5,6)7/h1H2,2H3. The zero-order valence-corrected chi connectivity index (χ0v) is 5.07. The van der Waals surface area contributed by atoms with Crippen LogP contribution in [0.5, 0.6) is 0 Å². The van der Waals surface area contributed by atoms with Crippen LogP contribution in [0.3, 0.4) is 0 Å². The average molecular weight is 142 g/mol. The lowest BCUT2D eigenvalue weighted by molar-refractivity contribution is -0.0832. The second-order valence-corrected chi connectivity index (χ2v) is 2.03. The van der Waals surface area contributed by atoms with Crippen molar-refractivity contribution in [2.45, 2.75) is 6.18 Å². The molecule has 0 unspecified atom stereocenters. The molecule has 4 heteroatoms. The van der Waals surface area contributed by atoms with Crippen molar-refractivity contribution in [2.75, 3.05) is 6.26 Å². The zero-order valence-electron chi connectivity index (χ0n) is 4.25. The molecule has 8 heavy (non-hydrogen) atoms. The monoisotopic (exact) mass is 142 g/mol. The highest BCUT2D eigenvalue weighted by Gasteiger charge is 2.30. The fraction of sp³-hybridized carbons (Fsp3) is 0.500. The molecule has 0 aromatic heterocycles. The third kappa shape index (κ3) is 2.26. The van der Waals surface area contributed by atoms with E-state index in [4.69, 9.17) is 0 Å². The van der Waals surface area contributed by atoms with Gasteiger partial charge in [-0.1, -0.05) is 6.58 Å². The molecule has 0 amide bonds. The number of alkyl halides is 3. The molecule has 0 aromatic carbocycles. The van der Waals surface area contributed by atoms with Crippen molar-refractivity contribution in [3.05, 3.63) is 11.5 Å². The van der Waals surface area contributed by atoms with Crippen molar-refractivity contribution in [1.29, 1.82) is 0 Å². The van der Waals surface area contributed by atoms with E-state index >= 15 is 0 Å². The zero-order chi connectivity index (χ0) is 6.78. The topological polar surface area (TPSA) is 0 Å². The fourth-order valence-electron chi connectivity index (χ4n) is 0.116. The summed E-state index contributed by atoms with van der Waals surface area (Å²) in [5.74, 6) is 0. The van der Waals surface area contributed by atoms with Crippen LogP contribution in [0, 0.1) is 0 Å². The van der Waals surface area contributed by atoms with Gasteiger partial charge in [-0.3, -0.25) is 0 Å². The van der Waals surface area contributed by atoms with Gasteiger partial charge in [0.1, 0.15) is 0 Å². The minimum atomic E-state index is -4.22. The fourth-order valence-corrected chi connectivity index (χ4v) is 0.347. The van der Waals surface area contributed by atoms with E-state index in [1.165, 1.54) is 6.26 Å². The van der Waals surface area contributed by atoms with E-state index in [2.05, 4.69) is 6.58 Å². The Kier molecular flexibility index (Phi) is 2.40. The van der Waals surface area contributed by atoms with Crippen LogP contribution in [0.25, 0.3) is 0 Å². The van der Waals surface area contributed by atoms with E-state index in [1.807, 2.05) is 0 Å². The van der Waals surface area contributed by atoms with Gasteiger partial charge in [0.2, 0.25) is 0 Å². The molecule has 0 atom stereocenters. The summed E-state index contributed by atoms with van der Waals surface area (Å²) in [4.78, 5) is -0.752. The van der Waals surface area contributed by atoms with Gasteiger partial charge in [0.25, 0.3) is 0 Å². The van der Waals surface area contributed by atoms with Crippen molar-refractivity contribution in [2.24, 2.45) is 0 Å². The number of thioether (sulfide) groups is 1. The predicted octanol–water partition coefficient (Wildman–Crippen LogP) is 2.43. The summed E-state index contributed by atoms with van der Waals surface area (Å²) < 4.78 is 34.0. The van der Waals surface area contributed by atoms with Gasteiger partial charge < -0.3 is 0 Å². The molecule has 0 saturated carbocycles. The molecule has 0 spiro atoms. The van der Waals surface area contributed by atoms with Crippen LogP contribution in [0.1, 0.15) is 0 Å². The van der Waals surface area contributed by atoms with Crippen LogP contribution in [-0.2, 0) is 0 Å². The molecule has 0 N–H and O–H groups in total. The minimum Gasteiger partial charge on any atom is -0.166 e. The van der Waals surface area contributed by atoms with Crippen molar-refractivity contribution < 1.29 is 13.2 Å². The summed E-state index contributed by atoms with van der Waals surface area (Å²) in [6.45, 7) is 2.78. The van der Waals surface area contributed by atoms with Crippen LogP contribution in [0.4, 0.5) is 13.2 Å². The van der Waals surface area contributed by atoms with Gasteiger partial charge in [-0.05, 0) is 6.26 Å². The quantitative estimate of drug-likeness (QED) is 0.541. The van der Waals surface area contributed by atoms with Gasteiger partial charge in [-0.25, -0.2) is 0 Å². The lowest BCUT2D eigenvalue weighted by Crippen LogP contribution is -2.06. The molecule has 0 aliphatic rings. The summed E-state index contributed by atoms with van der Waals surface area (Å²) >= 11 is 0.612. The lowest BCUT2D eigenvalue weighted by Gasteiger charge is -2.04. The molecular weight excluding hydrogens is 137 g/mol. The summed E-state index contributed by atoms with van der Waals surface area (Å²) in [5.41, 5.74) is 0. The number of halogens is 3. The van der Waals surface area contributed by atoms with Crippen LogP contribution in [-0.4, -0.2) is 12.4 Å². The highest BCUT2D eigenvalue weighted by atomic mass is 32.2. The van der Waals surface area contributed by atoms with Gasteiger partial charge in [0, 0.05) is 0 Å². The largest absolute Gasteiger partial charge is 0.421 e. The first-order valence-corrected chi connectivity index (χ1v) is 3.01. The lowest BCUT2D eigenvalue weighted by atomic mass is 10.6. The Hall–Kier alpha value is -0.120. The first-order valence-electron chi connectivity index (χ1n) is 1.78. The number of hydrogen-bond donors (Lipinski definition) is 0. The Morgan fingerprint density at radius 1 is 1.50 bits per heavy atom. The third-order valence-corrected chi connectivity index (χ3v) is 1.29. The summed E-state index contributed by atoms with van der Waals surface area (Å²) in [7, 11) is 0. The Morgan fingerprint density at radius 3 is 1.88 bits per heavy atom. The van der Waals surface area contributed by atoms with Gasteiger partial charge >= 0.3 is 6.18 Å². The summed E-state index contributed by atoms with van der Waals surface area (Å²) in [6, 6.07) is 0. The molecule has 0 fully saturated rings. The smallest absolute Gasteiger partial charge is 0.166 e. The molecule has 0 aromatic rings. The molecule has 0 nitrogen and oxygen atoms in total. The van der Waals surface area contributed by atoms with Crippen LogP contribution in [0.15, 0.2) is 11.5 Å². The first-order chi connectivity index (χ1) is 3.48. The minimum absolute atomic E-state index is 0.612. The van der Waals surface area contributed by atoms with Crippen molar-refractivity contribution >= 4 is 11.8 Å². The Bertz CT molecular complexity index is 93.9. The first kappa shape index (κ1) is 7.88. The van der Waals surface area contributed by atoms with Gasteiger partial charge in [0.15, 0.2) is 0 Å². The molecular formula is C4H5F3S. The second kappa shape index (κ2) is 2.44. The van der Waals surface area contributed by atoms with Gasteiger partial charge in [0.05, 0.1) is 4.91 Å². The molecule has 0 rings (SSSR count).